The summed E-state index contributed by atoms with van der Waals surface area (Å²) < 4.78 is 27.5. The van der Waals surface area contributed by atoms with Crippen LogP contribution in [-0.4, -0.2) is 69.3 Å². The summed E-state index contributed by atoms with van der Waals surface area (Å²) in [6.45, 7) is 13.8. The van der Waals surface area contributed by atoms with Crippen LogP contribution in [0.2, 0.25) is 18.1 Å². The minimum Gasteiger partial charge on any atom is -0.465 e. The van der Waals surface area contributed by atoms with E-state index < -0.39 is 26.6 Å². The van der Waals surface area contributed by atoms with Crippen LogP contribution >= 0.6 is 0 Å². The quantitative estimate of drug-likeness (QED) is 0.153. The number of aryl methyl sites for hydroxylation is 1. The molecular formula is C37H49FN2O5Si. The minimum absolute atomic E-state index is 0.0704. The van der Waals surface area contributed by atoms with Gasteiger partial charge in [-0.3, -0.25) is 4.79 Å². The monoisotopic (exact) mass is 648 g/mol. The van der Waals surface area contributed by atoms with Crippen molar-refractivity contribution in [2.45, 2.75) is 83.2 Å². The lowest BCUT2D eigenvalue weighted by atomic mass is 9.82. The first-order valence-corrected chi connectivity index (χ1v) is 19.0. The maximum atomic E-state index is 15.6. The molecule has 0 aliphatic carbocycles. The van der Waals surface area contributed by atoms with E-state index in [-0.39, 0.29) is 29.2 Å². The highest BCUT2D eigenvalue weighted by molar-refractivity contribution is 6.74. The zero-order valence-electron chi connectivity index (χ0n) is 28.2. The molecule has 3 atom stereocenters. The number of carboxylic acid groups (broad SMARTS) is 1. The molecule has 4 rings (SSSR count). The molecule has 1 heterocycles. The summed E-state index contributed by atoms with van der Waals surface area (Å²) in [7, 11) is -0.553. The number of nitrogens with zero attached hydrogens (tertiary/aromatic N) is 1. The summed E-state index contributed by atoms with van der Waals surface area (Å²) in [5, 5.41) is 12.1. The number of likely N-dealkylation sites (tertiary alicyclic amines) is 1. The Morgan fingerprint density at radius 1 is 1.04 bits per heavy atom. The lowest BCUT2D eigenvalue weighted by molar-refractivity contribution is 0.0768. The second-order valence-corrected chi connectivity index (χ2v) is 18.7. The van der Waals surface area contributed by atoms with Crippen LogP contribution in [0.15, 0.2) is 66.7 Å². The molecule has 1 unspecified atom stereocenters. The Hall–Kier alpha value is -3.53. The van der Waals surface area contributed by atoms with Crippen molar-refractivity contribution in [1.29, 1.82) is 0 Å². The Bertz CT molecular complexity index is 1520. The molecule has 3 aromatic rings. The van der Waals surface area contributed by atoms with Gasteiger partial charge in [0.2, 0.25) is 0 Å². The molecular weight excluding hydrogens is 600 g/mol. The fraction of sp³-hybridized carbons (Fsp3) is 0.459. The summed E-state index contributed by atoms with van der Waals surface area (Å²) >= 11 is 0. The van der Waals surface area contributed by atoms with Crippen molar-refractivity contribution in [3.8, 4) is 11.1 Å². The molecule has 0 saturated carbocycles. The van der Waals surface area contributed by atoms with Gasteiger partial charge in [0.1, 0.15) is 5.82 Å². The fourth-order valence-electron chi connectivity index (χ4n) is 6.02. The Labute approximate surface area is 274 Å². The largest absolute Gasteiger partial charge is 0.465 e. The third-order valence-corrected chi connectivity index (χ3v) is 14.0. The summed E-state index contributed by atoms with van der Waals surface area (Å²) in [6, 6.07) is 20.2. The topological polar surface area (TPSA) is 88.1 Å². The molecule has 0 aromatic heterocycles. The summed E-state index contributed by atoms with van der Waals surface area (Å²) in [6.07, 6.45) is 0.895. The summed E-state index contributed by atoms with van der Waals surface area (Å²) in [5.41, 5.74) is 4.76. The van der Waals surface area contributed by atoms with Gasteiger partial charge in [-0.15, -0.1) is 0 Å². The van der Waals surface area contributed by atoms with E-state index in [0.717, 1.165) is 41.5 Å². The zero-order chi connectivity index (χ0) is 33.6. The van der Waals surface area contributed by atoms with E-state index in [0.29, 0.717) is 24.3 Å². The maximum Gasteiger partial charge on any atom is 0.405 e. The van der Waals surface area contributed by atoms with Gasteiger partial charge in [0.05, 0.1) is 12.1 Å². The van der Waals surface area contributed by atoms with Crippen LogP contribution in [0.1, 0.15) is 73.0 Å². The molecule has 9 heteroatoms. The molecule has 0 bridgehead atoms. The van der Waals surface area contributed by atoms with E-state index in [9.17, 15) is 14.7 Å². The van der Waals surface area contributed by atoms with Crippen LogP contribution < -0.4 is 5.32 Å². The maximum absolute atomic E-state index is 15.6. The molecule has 1 aliphatic rings. The van der Waals surface area contributed by atoms with Crippen LogP contribution in [0.5, 0.6) is 0 Å². The predicted molar refractivity (Wildman–Crippen MR) is 184 cm³/mol. The standard InChI is InChI=1S/C37H49FN2O5Si/c1-25-13-10-15-27(21-25)34-30(18-12-19-31(34)38)29(17-8-9-20-44-5)26-14-11-16-28(22-26)35(41)40-23-32(39-36(42)43)33(24-40)45-46(6,7)37(2,3)4/h10-16,18-19,21-22,29,32-33,39H,8-9,17,20,23-24H2,1-7H3,(H,42,43)/t29?,32-,33+/m1/s1. The number of halogens is 1. The Kier molecular flexibility index (Phi) is 11.5. The fourth-order valence-corrected chi connectivity index (χ4v) is 7.36. The van der Waals surface area contributed by atoms with E-state index in [2.05, 4.69) is 39.2 Å². The molecule has 2 N–H and O–H groups in total. The molecule has 248 valence electrons. The number of hydrogen-bond donors (Lipinski definition) is 2. The van der Waals surface area contributed by atoms with Gasteiger partial charge in [-0.1, -0.05) is 81.3 Å². The van der Waals surface area contributed by atoms with Gasteiger partial charge in [-0.2, -0.15) is 0 Å². The molecule has 1 aliphatic heterocycles. The first-order valence-electron chi connectivity index (χ1n) is 16.1. The van der Waals surface area contributed by atoms with E-state index in [1.807, 2.05) is 55.5 Å². The van der Waals surface area contributed by atoms with E-state index in [1.54, 1.807) is 24.1 Å². The van der Waals surface area contributed by atoms with Crippen molar-refractivity contribution in [2.24, 2.45) is 0 Å². The van der Waals surface area contributed by atoms with E-state index >= 15 is 4.39 Å². The number of carbonyl (C=O) groups excluding carboxylic acids is 1. The molecule has 7 nitrogen and oxygen atoms in total. The molecule has 0 spiro atoms. The molecule has 46 heavy (non-hydrogen) atoms. The first-order chi connectivity index (χ1) is 21.7. The lowest BCUT2D eigenvalue weighted by Gasteiger charge is -2.39. The number of unbranched alkanes of at least 4 members (excludes halogenated alkanes) is 1. The average molecular weight is 649 g/mol. The van der Waals surface area contributed by atoms with Gasteiger partial charge in [-0.25, -0.2) is 9.18 Å². The Morgan fingerprint density at radius 3 is 2.43 bits per heavy atom. The number of nitrogens with one attached hydrogen (secondary N) is 1. The van der Waals surface area contributed by atoms with Crippen molar-refractivity contribution in [3.63, 3.8) is 0 Å². The predicted octanol–water partition coefficient (Wildman–Crippen LogP) is 8.23. The SMILES string of the molecule is COCCCCC(c1cccc(C(=O)N2C[C@H](O[Si](C)(C)C(C)(C)C)[C@H](NC(=O)O)C2)c1)c1cccc(F)c1-c1cccc(C)c1. The second kappa shape index (κ2) is 14.9. The van der Waals surface area contributed by atoms with Crippen LogP contribution in [0.3, 0.4) is 0 Å². The number of amides is 2. The number of carbonyl (C=O) groups is 2. The zero-order valence-corrected chi connectivity index (χ0v) is 29.2. The first kappa shape index (κ1) is 35.3. The smallest absolute Gasteiger partial charge is 0.405 e. The highest BCUT2D eigenvalue weighted by Crippen LogP contribution is 2.40. The highest BCUT2D eigenvalue weighted by Gasteiger charge is 2.45. The minimum atomic E-state index is -2.24. The number of ether oxygens (including phenoxy) is 1. The van der Waals surface area contributed by atoms with Crippen LogP contribution in [0.25, 0.3) is 11.1 Å². The summed E-state index contributed by atoms with van der Waals surface area (Å²) in [4.78, 5) is 27.4. The molecule has 1 fully saturated rings. The van der Waals surface area contributed by atoms with Crippen molar-refractivity contribution >= 4 is 20.3 Å². The van der Waals surface area contributed by atoms with Gasteiger partial charge >= 0.3 is 6.09 Å². The average Bonchev–Trinajstić information content (AvgIpc) is 3.36. The van der Waals surface area contributed by atoms with Crippen LogP contribution in [0, 0.1) is 12.7 Å². The highest BCUT2D eigenvalue weighted by atomic mass is 28.4. The van der Waals surface area contributed by atoms with Gasteiger partial charge in [-0.05, 0) is 72.8 Å². The molecule has 0 radical (unpaired) electrons. The summed E-state index contributed by atoms with van der Waals surface area (Å²) in [5.74, 6) is -0.624. The van der Waals surface area contributed by atoms with Crippen molar-refractivity contribution in [3.05, 3.63) is 94.8 Å². The Morgan fingerprint density at radius 2 is 1.76 bits per heavy atom. The van der Waals surface area contributed by atoms with Crippen molar-refractivity contribution in [1.82, 2.24) is 10.2 Å². The van der Waals surface area contributed by atoms with E-state index in [4.69, 9.17) is 9.16 Å². The normalized spacial score (nSPS) is 17.6. The number of rotatable bonds is 12. The van der Waals surface area contributed by atoms with Gasteiger partial charge in [0.25, 0.3) is 5.91 Å². The molecule has 1 saturated heterocycles. The van der Waals surface area contributed by atoms with Gasteiger partial charge < -0.3 is 24.5 Å². The molecule has 3 aromatic carbocycles. The number of hydrogen-bond acceptors (Lipinski definition) is 4. The third kappa shape index (κ3) is 8.43. The molecule has 2 amide bonds. The van der Waals surface area contributed by atoms with Crippen LogP contribution in [-0.2, 0) is 9.16 Å². The second-order valence-electron chi connectivity index (χ2n) is 13.9. The van der Waals surface area contributed by atoms with Gasteiger partial charge in [0.15, 0.2) is 8.32 Å². The number of methoxy groups -OCH3 is 1. The van der Waals surface area contributed by atoms with Crippen LogP contribution in [0.4, 0.5) is 9.18 Å². The third-order valence-electron chi connectivity index (χ3n) is 9.47. The van der Waals surface area contributed by atoms with E-state index in [1.165, 1.54) is 6.07 Å². The lowest BCUT2D eigenvalue weighted by Crippen LogP contribution is -2.51. The van der Waals surface area contributed by atoms with Gasteiger partial charge in [0, 0.05) is 43.9 Å². The Balaban J connectivity index is 1.68. The number of benzene rings is 3. The van der Waals surface area contributed by atoms with Crippen molar-refractivity contribution < 1.29 is 28.2 Å². The van der Waals surface area contributed by atoms with Crippen molar-refractivity contribution in [2.75, 3.05) is 26.8 Å².